The van der Waals surface area contributed by atoms with E-state index in [-0.39, 0.29) is 12.1 Å². The zero-order chi connectivity index (χ0) is 17.8. The second-order valence-electron chi connectivity index (χ2n) is 5.87. The second kappa shape index (κ2) is 5.91. The first kappa shape index (κ1) is 16.7. The minimum absolute atomic E-state index is 0.0237. The molecule has 4 heterocycles. The lowest BCUT2D eigenvalue weighted by Gasteiger charge is -2.26. The third-order valence-electron chi connectivity index (χ3n) is 4.21. The molecule has 4 rings (SSSR count). The van der Waals surface area contributed by atoms with Crippen molar-refractivity contribution in [2.75, 3.05) is 6.54 Å². The van der Waals surface area contributed by atoms with Crippen molar-refractivity contribution in [2.45, 2.75) is 24.1 Å². The van der Waals surface area contributed by atoms with Crippen LogP contribution in [0.3, 0.4) is 0 Å². The zero-order valence-electron chi connectivity index (χ0n) is 13.3. The number of fused-ring (bicyclic) bond motifs is 2. The quantitative estimate of drug-likeness (QED) is 0.668. The van der Waals surface area contributed by atoms with Gasteiger partial charge in [-0.3, -0.25) is 9.20 Å². The molecule has 1 aliphatic heterocycles. The molecule has 0 aliphatic carbocycles. The van der Waals surface area contributed by atoms with Crippen LogP contribution in [0, 0.1) is 6.92 Å². The summed E-state index contributed by atoms with van der Waals surface area (Å²) >= 11 is 7.20. The highest BCUT2D eigenvalue weighted by Crippen LogP contribution is 2.27. The molecule has 3 aromatic heterocycles. The Morgan fingerprint density at radius 2 is 2.04 bits per heavy atom. The number of hydrogen-bond acceptors (Lipinski definition) is 5. The van der Waals surface area contributed by atoms with Crippen LogP contribution in [-0.4, -0.2) is 28.7 Å². The molecule has 0 amide bonds. The van der Waals surface area contributed by atoms with Gasteiger partial charge in [-0.1, -0.05) is 11.6 Å². The fourth-order valence-corrected chi connectivity index (χ4v) is 5.94. The number of aryl methyl sites for hydroxylation is 1. The molecule has 130 valence electrons. The summed E-state index contributed by atoms with van der Waals surface area (Å²) in [5.41, 5.74) is 1.30. The third-order valence-corrected chi connectivity index (χ3v) is 7.74. The van der Waals surface area contributed by atoms with Gasteiger partial charge in [0.2, 0.25) is 0 Å². The lowest BCUT2D eigenvalue weighted by atomic mass is 10.1. The summed E-state index contributed by atoms with van der Waals surface area (Å²) in [5, 5.41) is 0.422. The van der Waals surface area contributed by atoms with E-state index in [4.69, 9.17) is 11.6 Å². The number of nitrogens with zero attached hydrogens (tertiary/aromatic N) is 3. The summed E-state index contributed by atoms with van der Waals surface area (Å²) in [6, 6.07) is 6.74. The molecule has 0 saturated carbocycles. The van der Waals surface area contributed by atoms with Crippen molar-refractivity contribution in [3.8, 4) is 0 Å². The van der Waals surface area contributed by atoms with Crippen molar-refractivity contribution in [2.24, 2.45) is 0 Å². The highest BCUT2D eigenvalue weighted by molar-refractivity contribution is 7.91. The van der Waals surface area contributed by atoms with Gasteiger partial charge in [0.1, 0.15) is 9.86 Å². The maximum absolute atomic E-state index is 12.8. The average molecular weight is 396 g/mol. The predicted octanol–water partition coefficient (Wildman–Crippen LogP) is 2.46. The van der Waals surface area contributed by atoms with E-state index >= 15 is 0 Å². The number of rotatable bonds is 2. The van der Waals surface area contributed by atoms with Gasteiger partial charge in [0.05, 0.1) is 16.3 Å². The Bertz CT molecular complexity index is 1150. The predicted molar refractivity (Wildman–Crippen MR) is 96.8 cm³/mol. The van der Waals surface area contributed by atoms with Gasteiger partial charge in [0.15, 0.2) is 0 Å². The fraction of sp³-hybridized carbons (Fsp3) is 0.250. The molecule has 0 radical (unpaired) electrons. The molecular weight excluding hydrogens is 382 g/mol. The minimum Gasteiger partial charge on any atom is -0.269 e. The van der Waals surface area contributed by atoms with Crippen molar-refractivity contribution in [1.29, 1.82) is 0 Å². The first-order valence-electron chi connectivity index (χ1n) is 7.62. The van der Waals surface area contributed by atoms with Gasteiger partial charge in [-0.05, 0) is 31.2 Å². The summed E-state index contributed by atoms with van der Waals surface area (Å²) in [4.78, 5) is 18.2. The fourth-order valence-electron chi connectivity index (χ4n) is 2.93. The molecular formula is C16H14ClN3O3S2. The van der Waals surface area contributed by atoms with Crippen molar-refractivity contribution in [3.05, 3.63) is 62.0 Å². The molecule has 3 aromatic rings. The van der Waals surface area contributed by atoms with Gasteiger partial charge < -0.3 is 0 Å². The zero-order valence-corrected chi connectivity index (χ0v) is 15.7. The molecule has 25 heavy (non-hydrogen) atoms. The standard InChI is InChI=1S/C16H14ClN3O3S2/c1-10-2-5-15(24-10)25(22,23)19-7-6-13-12(9-19)16(21)20-8-11(17)3-4-14(20)18-13/h2-5,8H,6-7,9H2,1H3. The number of thiophene rings is 1. The molecule has 0 N–H and O–H groups in total. The first-order chi connectivity index (χ1) is 11.9. The molecule has 0 unspecified atom stereocenters. The van der Waals surface area contributed by atoms with Gasteiger partial charge in [-0.15, -0.1) is 11.3 Å². The highest BCUT2D eigenvalue weighted by atomic mass is 35.5. The van der Waals surface area contributed by atoms with Gasteiger partial charge in [0, 0.05) is 30.6 Å². The van der Waals surface area contributed by atoms with Crippen molar-refractivity contribution in [3.63, 3.8) is 0 Å². The number of sulfonamides is 1. The summed E-state index contributed by atoms with van der Waals surface area (Å²) in [5.74, 6) is 0. The Kier molecular flexibility index (Phi) is 3.95. The molecule has 0 atom stereocenters. The van der Waals surface area contributed by atoms with Crippen LogP contribution >= 0.6 is 22.9 Å². The largest absolute Gasteiger partial charge is 0.269 e. The minimum atomic E-state index is -3.61. The van der Waals surface area contributed by atoms with E-state index in [0.717, 1.165) is 4.88 Å². The van der Waals surface area contributed by atoms with Crippen LogP contribution in [0.4, 0.5) is 0 Å². The topological polar surface area (TPSA) is 71.8 Å². The van der Waals surface area contributed by atoms with Crippen molar-refractivity contribution < 1.29 is 8.42 Å². The van der Waals surface area contributed by atoms with Crippen LogP contribution in [0.15, 0.2) is 39.5 Å². The summed E-state index contributed by atoms with van der Waals surface area (Å²) in [6.45, 7) is 2.19. The third kappa shape index (κ3) is 2.79. The average Bonchev–Trinajstić information content (AvgIpc) is 3.03. The maximum atomic E-state index is 12.8. The Hall–Kier alpha value is -1.74. The molecule has 0 fully saturated rings. The Balaban J connectivity index is 1.80. The van der Waals surface area contributed by atoms with E-state index in [1.165, 1.54) is 26.2 Å². The van der Waals surface area contributed by atoms with Crippen LogP contribution in [-0.2, 0) is 23.0 Å². The van der Waals surface area contributed by atoms with Gasteiger partial charge in [-0.2, -0.15) is 4.31 Å². The van der Waals surface area contributed by atoms with Crippen LogP contribution in [0.1, 0.15) is 16.1 Å². The van der Waals surface area contributed by atoms with Crippen LogP contribution in [0.25, 0.3) is 5.65 Å². The lowest BCUT2D eigenvalue weighted by molar-refractivity contribution is 0.386. The van der Waals surface area contributed by atoms with Crippen LogP contribution < -0.4 is 5.56 Å². The molecule has 0 bridgehead atoms. The van der Waals surface area contributed by atoms with Gasteiger partial charge in [-0.25, -0.2) is 13.4 Å². The smallest absolute Gasteiger partial charge is 0.262 e. The summed E-state index contributed by atoms with van der Waals surface area (Å²) in [7, 11) is -3.61. The highest BCUT2D eigenvalue weighted by Gasteiger charge is 2.31. The van der Waals surface area contributed by atoms with Gasteiger partial charge >= 0.3 is 0 Å². The number of hydrogen-bond donors (Lipinski definition) is 0. The molecule has 6 nitrogen and oxygen atoms in total. The lowest BCUT2D eigenvalue weighted by Crippen LogP contribution is -2.39. The van der Waals surface area contributed by atoms with E-state index in [1.807, 2.05) is 6.92 Å². The van der Waals surface area contributed by atoms with Gasteiger partial charge in [0.25, 0.3) is 15.6 Å². The van der Waals surface area contributed by atoms with Crippen molar-refractivity contribution in [1.82, 2.24) is 13.7 Å². The monoisotopic (exact) mass is 395 g/mol. The van der Waals surface area contributed by atoms with E-state index in [9.17, 15) is 13.2 Å². The Morgan fingerprint density at radius 3 is 2.76 bits per heavy atom. The maximum Gasteiger partial charge on any atom is 0.262 e. The first-order valence-corrected chi connectivity index (χ1v) is 10.3. The molecule has 0 saturated heterocycles. The van der Waals surface area contributed by atoms with Crippen LogP contribution in [0.5, 0.6) is 0 Å². The molecule has 0 spiro atoms. The Morgan fingerprint density at radius 1 is 1.24 bits per heavy atom. The van der Waals surface area contributed by atoms with E-state index < -0.39 is 10.0 Å². The number of pyridine rings is 1. The number of halogens is 1. The normalized spacial score (nSPS) is 15.4. The summed E-state index contributed by atoms with van der Waals surface area (Å²) in [6.07, 6.45) is 1.91. The molecule has 1 aliphatic rings. The van der Waals surface area contributed by atoms with E-state index in [2.05, 4.69) is 4.98 Å². The SMILES string of the molecule is Cc1ccc(S(=O)(=O)N2CCc3nc4ccc(Cl)cn4c(=O)c3C2)s1. The summed E-state index contributed by atoms with van der Waals surface area (Å²) < 4.78 is 28.7. The van der Waals surface area contributed by atoms with E-state index in [1.54, 1.807) is 24.3 Å². The van der Waals surface area contributed by atoms with E-state index in [0.29, 0.717) is 39.1 Å². The second-order valence-corrected chi connectivity index (χ2v) is 9.76. The Labute approximate surface area is 153 Å². The molecule has 9 heteroatoms. The van der Waals surface area contributed by atoms with Crippen LogP contribution in [0.2, 0.25) is 5.02 Å². The van der Waals surface area contributed by atoms with Crippen molar-refractivity contribution >= 4 is 38.6 Å². The number of aromatic nitrogens is 2. The molecule has 0 aromatic carbocycles.